The van der Waals surface area contributed by atoms with Crippen molar-refractivity contribution in [3.8, 4) is 28.5 Å². The van der Waals surface area contributed by atoms with Crippen LogP contribution in [-0.4, -0.2) is 54.1 Å². The molecule has 0 radical (unpaired) electrons. The number of hydrogen-bond donors (Lipinski definition) is 0. The van der Waals surface area contributed by atoms with E-state index in [4.69, 9.17) is 19.2 Å². The highest BCUT2D eigenvalue weighted by Crippen LogP contribution is 2.40. The molecule has 1 saturated heterocycles. The first-order valence-electron chi connectivity index (χ1n) is 10.5. The van der Waals surface area contributed by atoms with E-state index in [0.29, 0.717) is 26.3 Å². The van der Waals surface area contributed by atoms with Gasteiger partial charge in [0.25, 0.3) is 5.91 Å². The summed E-state index contributed by atoms with van der Waals surface area (Å²) in [5.41, 5.74) is 2.14. The molecule has 2 aromatic heterocycles. The number of methoxy groups -OCH3 is 1. The quantitative estimate of drug-likeness (QED) is 0.383. The predicted molar refractivity (Wildman–Crippen MR) is 124 cm³/mol. The molecule has 0 spiro atoms. The van der Waals surface area contributed by atoms with Gasteiger partial charge >= 0.3 is 5.00 Å². The lowest BCUT2D eigenvalue weighted by molar-refractivity contribution is -0.381. The van der Waals surface area contributed by atoms with Crippen LogP contribution in [0.25, 0.3) is 11.3 Å². The van der Waals surface area contributed by atoms with Crippen LogP contribution in [0.4, 0.5) is 5.00 Å². The number of amides is 1. The maximum atomic E-state index is 13.0. The molecular weight excluding hydrogens is 466 g/mol. The van der Waals surface area contributed by atoms with Crippen molar-refractivity contribution in [3.05, 3.63) is 49.6 Å². The van der Waals surface area contributed by atoms with Crippen LogP contribution in [0.15, 0.2) is 29.0 Å². The van der Waals surface area contributed by atoms with Crippen molar-refractivity contribution in [2.45, 2.75) is 18.8 Å². The van der Waals surface area contributed by atoms with Crippen molar-refractivity contribution in [2.24, 2.45) is 0 Å². The molecule has 0 aliphatic carbocycles. The fourth-order valence-corrected chi connectivity index (χ4v) is 5.94. The van der Waals surface area contributed by atoms with Gasteiger partial charge in [0.15, 0.2) is 11.5 Å². The Morgan fingerprint density at radius 3 is 2.67 bits per heavy atom. The van der Waals surface area contributed by atoms with Crippen LogP contribution in [0.2, 0.25) is 0 Å². The van der Waals surface area contributed by atoms with Crippen LogP contribution in [0, 0.1) is 10.1 Å². The third-order valence-corrected chi connectivity index (χ3v) is 7.74. The Hall–Kier alpha value is -3.18. The molecular formula is C22H21N3O6S2. The molecule has 9 nitrogen and oxygen atoms in total. The van der Waals surface area contributed by atoms with E-state index in [1.165, 1.54) is 12.5 Å². The summed E-state index contributed by atoms with van der Waals surface area (Å²) < 4.78 is 16.4. The molecule has 2 aliphatic rings. The number of fused-ring (bicyclic) bond motifs is 1. The summed E-state index contributed by atoms with van der Waals surface area (Å²) in [5, 5.41) is 15.6. The Labute approximate surface area is 197 Å². The number of carbonyl (C=O) groups is 1. The van der Waals surface area contributed by atoms with Crippen LogP contribution < -0.4 is 14.2 Å². The minimum atomic E-state index is -0.520. The number of piperidine rings is 1. The topological polar surface area (TPSA) is 104 Å². The van der Waals surface area contributed by atoms with Crippen molar-refractivity contribution >= 4 is 33.6 Å². The number of carbonyl (C=O) groups excluding carboxylic acids is 1. The Morgan fingerprint density at radius 2 is 1.94 bits per heavy atom. The van der Waals surface area contributed by atoms with Gasteiger partial charge in [-0.15, -0.1) is 11.3 Å². The molecule has 33 heavy (non-hydrogen) atoms. The molecule has 0 unspecified atom stereocenters. The van der Waals surface area contributed by atoms with Gasteiger partial charge in [-0.25, -0.2) is 4.98 Å². The van der Waals surface area contributed by atoms with Gasteiger partial charge in [0.2, 0.25) is 5.75 Å². The molecule has 1 aromatic carbocycles. The van der Waals surface area contributed by atoms with E-state index in [1.807, 2.05) is 23.6 Å². The fourth-order valence-electron chi connectivity index (χ4n) is 4.12. The fraction of sp³-hybridized carbons (Fsp3) is 0.364. The second-order valence-electron chi connectivity index (χ2n) is 7.74. The first-order chi connectivity index (χ1) is 16.0. The maximum absolute atomic E-state index is 13.0. The molecule has 0 saturated carbocycles. The molecule has 11 heteroatoms. The SMILES string of the molecule is COc1c(C(=O)N2CCC(c3nc(-c4ccc5c(c4)OCCO5)cs3)CC2)csc1[N+](=O)[O-]. The van der Waals surface area contributed by atoms with E-state index in [-0.39, 0.29) is 28.1 Å². The average Bonchev–Trinajstić information content (AvgIpc) is 3.51. The summed E-state index contributed by atoms with van der Waals surface area (Å²) >= 11 is 2.54. The smallest absolute Gasteiger partial charge is 0.366 e. The lowest BCUT2D eigenvalue weighted by atomic mass is 9.97. The molecule has 2 aliphatic heterocycles. The van der Waals surface area contributed by atoms with Gasteiger partial charge in [-0.05, 0) is 31.0 Å². The summed E-state index contributed by atoms with van der Waals surface area (Å²) in [7, 11) is 1.35. The van der Waals surface area contributed by atoms with Gasteiger partial charge in [-0.1, -0.05) is 11.3 Å². The number of ether oxygens (including phenoxy) is 3. The third kappa shape index (κ3) is 4.13. The number of hydrogen-bond acceptors (Lipinski definition) is 9. The number of nitrogens with zero attached hydrogens (tertiary/aromatic N) is 3. The number of thiophene rings is 1. The highest BCUT2D eigenvalue weighted by molar-refractivity contribution is 7.14. The molecule has 4 heterocycles. The number of benzene rings is 1. The molecule has 5 rings (SSSR count). The second kappa shape index (κ2) is 8.99. The lowest BCUT2D eigenvalue weighted by Crippen LogP contribution is -2.37. The normalized spacial score (nSPS) is 16.0. The van der Waals surface area contributed by atoms with Crippen molar-refractivity contribution in [2.75, 3.05) is 33.4 Å². The predicted octanol–water partition coefficient (Wildman–Crippen LogP) is 4.58. The molecule has 1 amide bonds. The van der Waals surface area contributed by atoms with E-state index in [1.54, 1.807) is 16.2 Å². The zero-order chi connectivity index (χ0) is 22.9. The largest absolute Gasteiger partial charge is 0.489 e. The molecule has 1 fully saturated rings. The molecule has 0 N–H and O–H groups in total. The summed E-state index contributed by atoms with van der Waals surface area (Å²) in [4.78, 5) is 30.2. The number of thiazole rings is 1. The van der Waals surface area contributed by atoms with E-state index in [2.05, 4.69) is 0 Å². The van der Waals surface area contributed by atoms with E-state index >= 15 is 0 Å². The summed E-state index contributed by atoms with van der Waals surface area (Å²) in [6.07, 6.45) is 1.57. The molecule has 0 bridgehead atoms. The standard InChI is InChI=1S/C22H21N3O6S2/c1-29-19-15(11-33-22(19)25(27)28)21(26)24-6-4-13(5-7-24)20-23-16(12-32-20)14-2-3-17-18(10-14)31-9-8-30-17/h2-3,10-13H,4-9H2,1H3. The Morgan fingerprint density at radius 1 is 1.18 bits per heavy atom. The highest BCUT2D eigenvalue weighted by Gasteiger charge is 2.32. The van der Waals surface area contributed by atoms with E-state index < -0.39 is 4.92 Å². The molecule has 172 valence electrons. The minimum absolute atomic E-state index is 0.0427. The minimum Gasteiger partial charge on any atom is -0.489 e. The molecule has 3 aromatic rings. The number of aromatic nitrogens is 1. The Kier molecular flexibility index (Phi) is 5.90. The monoisotopic (exact) mass is 487 g/mol. The van der Waals surface area contributed by atoms with Gasteiger partial charge in [0.05, 0.1) is 28.3 Å². The zero-order valence-corrected chi connectivity index (χ0v) is 19.4. The van der Waals surface area contributed by atoms with Crippen LogP contribution >= 0.6 is 22.7 Å². The average molecular weight is 488 g/mol. The van der Waals surface area contributed by atoms with Crippen LogP contribution in [0.3, 0.4) is 0 Å². The van der Waals surface area contributed by atoms with Gasteiger partial charge in [-0.2, -0.15) is 0 Å². The summed E-state index contributed by atoms with van der Waals surface area (Å²) in [6.45, 7) is 2.23. The lowest BCUT2D eigenvalue weighted by Gasteiger charge is -2.31. The number of likely N-dealkylation sites (tertiary alicyclic amines) is 1. The van der Waals surface area contributed by atoms with E-state index in [0.717, 1.165) is 51.9 Å². The first kappa shape index (κ1) is 21.7. The van der Waals surface area contributed by atoms with Crippen LogP contribution in [-0.2, 0) is 0 Å². The summed E-state index contributed by atoms with van der Waals surface area (Å²) in [5.74, 6) is 1.57. The zero-order valence-electron chi connectivity index (χ0n) is 17.8. The summed E-state index contributed by atoms with van der Waals surface area (Å²) in [6, 6.07) is 5.86. The van der Waals surface area contributed by atoms with Crippen LogP contribution in [0.1, 0.15) is 34.1 Å². The number of nitro groups is 1. The van der Waals surface area contributed by atoms with Crippen molar-refractivity contribution in [1.82, 2.24) is 9.88 Å². The van der Waals surface area contributed by atoms with Gasteiger partial charge in [-0.3, -0.25) is 14.9 Å². The maximum Gasteiger partial charge on any atom is 0.366 e. The van der Waals surface area contributed by atoms with Crippen molar-refractivity contribution in [3.63, 3.8) is 0 Å². The Balaban J connectivity index is 1.25. The van der Waals surface area contributed by atoms with Gasteiger partial charge in [0, 0.05) is 35.3 Å². The van der Waals surface area contributed by atoms with Gasteiger partial charge in [0.1, 0.15) is 13.2 Å². The molecule has 0 atom stereocenters. The second-order valence-corrected chi connectivity index (χ2v) is 9.49. The van der Waals surface area contributed by atoms with Crippen LogP contribution in [0.5, 0.6) is 17.2 Å². The Bertz CT molecular complexity index is 1200. The highest BCUT2D eigenvalue weighted by atomic mass is 32.1. The van der Waals surface area contributed by atoms with Crippen molar-refractivity contribution < 1.29 is 23.9 Å². The van der Waals surface area contributed by atoms with E-state index in [9.17, 15) is 14.9 Å². The number of rotatable bonds is 5. The van der Waals surface area contributed by atoms with Gasteiger partial charge < -0.3 is 19.1 Å². The van der Waals surface area contributed by atoms with Crippen molar-refractivity contribution in [1.29, 1.82) is 0 Å². The third-order valence-electron chi connectivity index (χ3n) is 5.82. The first-order valence-corrected chi connectivity index (χ1v) is 12.3.